The van der Waals surface area contributed by atoms with Crippen molar-refractivity contribution in [3.63, 3.8) is 0 Å². The fourth-order valence-electron chi connectivity index (χ4n) is 19.3. The Labute approximate surface area is 742 Å². The van der Waals surface area contributed by atoms with E-state index in [1.165, 1.54) is 0 Å². The van der Waals surface area contributed by atoms with Crippen LogP contribution in [-0.4, -0.2) is 0 Å². The van der Waals surface area contributed by atoms with Crippen LogP contribution in [-0.2, 0) is 0 Å². The Hall–Kier alpha value is -16.5. The molecule has 0 aliphatic carbocycles. The second kappa shape index (κ2) is 30.4. The van der Waals surface area contributed by atoms with Gasteiger partial charge in [-0.3, -0.25) is 0 Å². The molecule has 23 aromatic carbocycles. The van der Waals surface area contributed by atoms with Crippen molar-refractivity contribution in [3.05, 3.63) is 461 Å². The van der Waals surface area contributed by atoms with E-state index < -0.39 is 18.1 Å². The molecule has 0 aliphatic rings. The van der Waals surface area contributed by atoms with Gasteiger partial charge in [0.25, 0.3) is 0 Å². The lowest BCUT2D eigenvalue weighted by atomic mass is 9.84. The highest BCUT2D eigenvalue weighted by Gasteiger charge is 2.25. The number of rotatable bonds is 9. The minimum atomic E-state index is -0.400. The van der Waals surface area contributed by atoms with Gasteiger partial charge in [-0.15, -0.1) is 0 Å². The summed E-state index contributed by atoms with van der Waals surface area (Å²) in [5.41, 5.74) is 20.1. The van der Waals surface area contributed by atoms with E-state index in [4.69, 9.17) is 33.8 Å². The van der Waals surface area contributed by atoms with Crippen molar-refractivity contribution in [3.8, 4) is 100 Å². The van der Waals surface area contributed by atoms with E-state index in [0.717, 1.165) is 219 Å². The Balaban J connectivity index is 0.000000114. The number of benzene rings is 23. The first-order valence-corrected chi connectivity index (χ1v) is 41.7. The van der Waals surface area contributed by atoms with Crippen LogP contribution in [0.15, 0.2) is 474 Å². The zero-order chi connectivity index (χ0) is 95.5. The maximum Gasteiger partial charge on any atom is 0.143 e. The minimum Gasteiger partial charge on any atom is -0.456 e. The molecule has 0 amide bonds. The zero-order valence-corrected chi connectivity index (χ0v) is 66.9. The predicted octanol–water partition coefficient (Wildman–Crippen LogP) is 35.0. The summed E-state index contributed by atoms with van der Waals surface area (Å²) >= 11 is 0. The lowest BCUT2D eigenvalue weighted by Gasteiger charge is -2.19. The van der Waals surface area contributed by atoms with Crippen molar-refractivity contribution in [1.82, 2.24) is 0 Å². The molecule has 125 heavy (non-hydrogen) atoms. The molecule has 3 heterocycles. The molecule has 3 heteroatoms. The average Bonchev–Trinajstić information content (AvgIpc) is 1.08. The molecule has 0 aliphatic heterocycles. The van der Waals surface area contributed by atoms with E-state index in [9.17, 15) is 0 Å². The Bertz CT molecular complexity index is 9540. The standard InChI is InChI=1S/2C42H26O.C38H24O/c1-2-13-27(14-3-1)40-32-18-6-8-20-34(32)41(35-21-9-7-19-33(35)40)36-26-25-30(28-15-4-5-16-29(28)36)37-22-12-23-38-31-17-10-11-24-39(31)43-42(37)38;1-2-12-27(13-3-1)41-34-17-6-8-19-36(34)42(37-20-9-7-18-35(37)41)38-25-30(24-29-14-4-5-15-31(29)38)28-22-23-33-32-16-10-11-21-39(32)43-40(33)26-28;1-2-11-26(12-3-1)36-30-14-4-6-16-32(30)37(33-17-7-5-15-31(33)36)27-23-21-25(22-24-27)28-18-10-19-34-29-13-8-9-20-35(29)39-38(28)34/h2*1-26H;1-24H/i1D,2D,3D,13D,14D;1D,2D,3D,12D,13D;1D,2D,3D,11D,12D. The van der Waals surface area contributed by atoms with E-state index in [2.05, 4.69) is 194 Å². The molecule has 582 valence electrons. The van der Waals surface area contributed by atoms with Crippen LogP contribution >= 0.6 is 0 Å². The second-order valence-corrected chi connectivity index (χ2v) is 31.4. The summed E-state index contributed by atoms with van der Waals surface area (Å²) in [6.07, 6.45) is 0. The van der Waals surface area contributed by atoms with E-state index in [0.29, 0.717) is 16.7 Å². The van der Waals surface area contributed by atoms with Crippen LogP contribution in [0.25, 0.3) is 252 Å². The number of para-hydroxylation sites is 5. The van der Waals surface area contributed by atoms with E-state index in [-0.39, 0.29) is 89.2 Å². The molecule has 0 radical (unpaired) electrons. The Morgan fingerprint density at radius 1 is 0.144 bits per heavy atom. The van der Waals surface area contributed by atoms with Crippen LogP contribution in [0.4, 0.5) is 0 Å². The average molecular weight is 1610 g/mol. The monoisotopic (exact) mass is 1600 g/mol. The topological polar surface area (TPSA) is 39.4 Å². The smallest absolute Gasteiger partial charge is 0.143 e. The van der Waals surface area contributed by atoms with Gasteiger partial charge in [0.2, 0.25) is 0 Å². The summed E-state index contributed by atoms with van der Waals surface area (Å²) in [4.78, 5) is 0. The van der Waals surface area contributed by atoms with Gasteiger partial charge in [-0.2, -0.15) is 0 Å². The highest BCUT2D eigenvalue weighted by molar-refractivity contribution is 6.28. The third-order valence-electron chi connectivity index (χ3n) is 24.7. The summed E-state index contributed by atoms with van der Waals surface area (Å²) in [5.74, 6) is 0. The quantitative estimate of drug-likeness (QED) is 0.135. The molecule has 0 saturated heterocycles. The number of hydrogen-bond acceptors (Lipinski definition) is 3. The van der Waals surface area contributed by atoms with Gasteiger partial charge >= 0.3 is 0 Å². The predicted molar refractivity (Wildman–Crippen MR) is 530 cm³/mol. The van der Waals surface area contributed by atoms with Crippen molar-refractivity contribution in [1.29, 1.82) is 0 Å². The van der Waals surface area contributed by atoms with Gasteiger partial charge < -0.3 is 13.3 Å². The number of fused-ring (bicyclic) bond motifs is 17. The van der Waals surface area contributed by atoms with Crippen LogP contribution in [0.5, 0.6) is 0 Å². The molecular formula is C122H76O3. The molecule has 26 rings (SSSR count). The molecular weight excluding hydrogens is 1510 g/mol. The van der Waals surface area contributed by atoms with Gasteiger partial charge in [0.05, 0.1) is 20.6 Å². The summed E-state index contributed by atoms with van der Waals surface area (Å²) < 4.78 is 147. The molecule has 0 unspecified atom stereocenters. The van der Waals surface area contributed by atoms with E-state index in [1.54, 1.807) is 0 Å². The maximum atomic E-state index is 8.88. The van der Waals surface area contributed by atoms with Gasteiger partial charge in [-0.05, 0) is 218 Å². The van der Waals surface area contributed by atoms with Gasteiger partial charge in [0.15, 0.2) is 0 Å². The fourth-order valence-corrected chi connectivity index (χ4v) is 19.3. The molecule has 0 saturated carbocycles. The van der Waals surface area contributed by atoms with Crippen molar-refractivity contribution in [2.24, 2.45) is 0 Å². The lowest BCUT2D eigenvalue weighted by molar-refractivity contribution is 0.669. The van der Waals surface area contributed by atoms with E-state index >= 15 is 0 Å². The third kappa shape index (κ3) is 12.3. The normalized spacial score (nSPS) is 13.4. The first kappa shape index (κ1) is 58.5. The SMILES string of the molecule is [2H]c1c([2H])c([2H])c(-c2c3ccccc3c(-c3cc(-c4ccc5c(c4)oc4ccccc45)cc4ccccc34)c3ccccc23)c([2H])c1[2H].[2H]c1c([2H])c([2H])c(-c2c3ccccc3c(-c3ccc(-c4cccc5c4oc4ccccc45)c4ccccc34)c3ccccc23)c([2H])c1[2H].[2H]c1c([2H])c([2H])c(-c2c3ccccc3c(-c3ccc(-c4cccc5c4oc4ccccc45)cc3)c3ccccc23)c([2H])c1[2H]. The van der Waals surface area contributed by atoms with Crippen molar-refractivity contribution in [2.75, 3.05) is 0 Å². The summed E-state index contributed by atoms with van der Waals surface area (Å²) in [7, 11) is 0. The fraction of sp³-hybridized carbons (Fsp3) is 0. The number of furan rings is 3. The third-order valence-corrected chi connectivity index (χ3v) is 24.7. The number of hydrogen-bond donors (Lipinski definition) is 0. The lowest BCUT2D eigenvalue weighted by Crippen LogP contribution is -1.92. The summed E-state index contributed by atoms with van der Waals surface area (Å²) in [6, 6.07) is 121. The first-order chi connectivity index (χ1) is 68.3. The van der Waals surface area contributed by atoms with Gasteiger partial charge in [-0.1, -0.05) is 418 Å². The van der Waals surface area contributed by atoms with Crippen LogP contribution in [0, 0.1) is 0 Å². The van der Waals surface area contributed by atoms with Gasteiger partial charge in [-0.25, -0.2) is 0 Å². The van der Waals surface area contributed by atoms with Gasteiger partial charge in [0.1, 0.15) is 33.5 Å². The molecule has 0 atom stereocenters. The van der Waals surface area contributed by atoms with Crippen LogP contribution in [0.1, 0.15) is 20.6 Å². The largest absolute Gasteiger partial charge is 0.456 e. The molecule has 0 bridgehead atoms. The Kier molecular flexibility index (Phi) is 14.2. The van der Waals surface area contributed by atoms with Crippen LogP contribution in [0.3, 0.4) is 0 Å². The maximum absolute atomic E-state index is 8.88. The highest BCUT2D eigenvalue weighted by Crippen LogP contribution is 2.52. The zero-order valence-electron chi connectivity index (χ0n) is 81.9. The van der Waals surface area contributed by atoms with Crippen molar-refractivity contribution in [2.45, 2.75) is 0 Å². The summed E-state index contributed by atoms with van der Waals surface area (Å²) in [5, 5.41) is 21.5. The van der Waals surface area contributed by atoms with Crippen LogP contribution < -0.4 is 0 Å². The second-order valence-electron chi connectivity index (χ2n) is 31.4. The first-order valence-electron chi connectivity index (χ1n) is 49.2. The molecule has 0 N–H and O–H groups in total. The van der Waals surface area contributed by atoms with Gasteiger partial charge in [0, 0.05) is 43.4 Å². The van der Waals surface area contributed by atoms with Crippen molar-refractivity contribution >= 4 is 152 Å². The Morgan fingerprint density at radius 3 is 0.896 bits per heavy atom. The highest BCUT2D eigenvalue weighted by atomic mass is 16.3. The molecule has 26 aromatic rings. The summed E-state index contributed by atoms with van der Waals surface area (Å²) in [6.45, 7) is 0. The minimum absolute atomic E-state index is 0.205. The Morgan fingerprint density at radius 2 is 0.448 bits per heavy atom. The van der Waals surface area contributed by atoms with Crippen LogP contribution in [0.2, 0.25) is 0 Å². The molecule has 3 nitrogen and oxygen atoms in total. The van der Waals surface area contributed by atoms with Crippen molar-refractivity contribution < 1.29 is 33.8 Å². The van der Waals surface area contributed by atoms with E-state index in [1.807, 2.05) is 176 Å². The molecule has 3 aromatic heterocycles. The molecule has 0 fully saturated rings. The molecule has 0 spiro atoms.